The number of nitrogens with zero attached hydrogens (tertiary/aromatic N) is 2. The van der Waals surface area contributed by atoms with E-state index >= 15 is 0 Å². The molecule has 2 amide bonds. The van der Waals surface area contributed by atoms with Gasteiger partial charge in [-0.1, -0.05) is 43.3 Å². The predicted octanol–water partition coefficient (Wildman–Crippen LogP) is 2.80. The summed E-state index contributed by atoms with van der Waals surface area (Å²) >= 11 is 0. The van der Waals surface area contributed by atoms with E-state index in [1.165, 1.54) is 5.01 Å². The van der Waals surface area contributed by atoms with E-state index in [1.807, 2.05) is 25.1 Å². The Labute approximate surface area is 151 Å². The Balaban J connectivity index is 1.78. The van der Waals surface area contributed by atoms with Gasteiger partial charge in [0.15, 0.2) is 0 Å². The second kappa shape index (κ2) is 7.31. The minimum atomic E-state index is -1.19. The molecule has 0 saturated heterocycles. The number of carbonyl (C=O) groups excluding carboxylic acids is 3. The third kappa shape index (κ3) is 3.26. The standard InChI is InChI=1S/C20H19N3O3/c1-3-14-9-7-8-12-16(14)21-19(25)18(24)17-13(2)22-23(20(17)26)15-10-5-4-6-11-15/h4-12,17H,3H2,1-2H3,(H,21,25). The summed E-state index contributed by atoms with van der Waals surface area (Å²) in [7, 11) is 0. The summed E-state index contributed by atoms with van der Waals surface area (Å²) in [6.07, 6.45) is 0.718. The number of Topliss-reactive ketones (excluding diaryl/α,β-unsaturated/α-hetero) is 1. The lowest BCUT2D eigenvalue weighted by Gasteiger charge is -2.14. The molecule has 0 aliphatic carbocycles. The number of anilines is 2. The fraction of sp³-hybridized carbons (Fsp3) is 0.200. The van der Waals surface area contributed by atoms with Gasteiger partial charge in [-0.25, -0.2) is 0 Å². The van der Waals surface area contributed by atoms with Crippen LogP contribution in [0.15, 0.2) is 59.7 Å². The van der Waals surface area contributed by atoms with E-state index in [9.17, 15) is 14.4 Å². The first kappa shape index (κ1) is 17.5. The third-order valence-electron chi connectivity index (χ3n) is 4.26. The highest BCUT2D eigenvalue weighted by Gasteiger charge is 2.42. The number of rotatable bonds is 5. The maximum Gasteiger partial charge on any atom is 0.293 e. The van der Waals surface area contributed by atoms with E-state index in [2.05, 4.69) is 10.4 Å². The van der Waals surface area contributed by atoms with Gasteiger partial charge in [-0.05, 0) is 37.1 Å². The number of hydrazone groups is 1. The van der Waals surface area contributed by atoms with Crippen molar-refractivity contribution in [3.63, 3.8) is 0 Å². The molecule has 0 radical (unpaired) electrons. The third-order valence-corrected chi connectivity index (χ3v) is 4.26. The molecule has 6 nitrogen and oxygen atoms in total. The number of benzene rings is 2. The van der Waals surface area contributed by atoms with Gasteiger partial charge in [0, 0.05) is 5.69 Å². The SMILES string of the molecule is CCc1ccccc1NC(=O)C(=O)C1C(=O)N(c2ccccc2)N=C1C. The molecule has 3 rings (SSSR count). The van der Waals surface area contributed by atoms with Crippen LogP contribution in [0, 0.1) is 5.92 Å². The molecule has 0 saturated carbocycles. The predicted molar refractivity (Wildman–Crippen MR) is 100.0 cm³/mol. The summed E-state index contributed by atoms with van der Waals surface area (Å²) in [5.74, 6) is -3.32. The van der Waals surface area contributed by atoms with Crippen LogP contribution >= 0.6 is 0 Å². The minimum Gasteiger partial charge on any atom is -0.319 e. The number of aryl methyl sites for hydroxylation is 1. The highest BCUT2D eigenvalue weighted by atomic mass is 16.2. The largest absolute Gasteiger partial charge is 0.319 e. The lowest BCUT2D eigenvalue weighted by atomic mass is 9.98. The molecule has 2 aromatic carbocycles. The Hall–Kier alpha value is -3.28. The molecule has 2 aromatic rings. The van der Waals surface area contributed by atoms with Gasteiger partial charge in [0.05, 0.1) is 11.4 Å². The Bertz CT molecular complexity index is 890. The Morgan fingerprint density at radius 3 is 2.42 bits per heavy atom. The van der Waals surface area contributed by atoms with Gasteiger partial charge in [0.2, 0.25) is 5.78 Å². The topological polar surface area (TPSA) is 78.8 Å². The van der Waals surface area contributed by atoms with E-state index in [-0.39, 0.29) is 0 Å². The van der Waals surface area contributed by atoms with E-state index in [0.29, 0.717) is 17.1 Å². The maximum atomic E-state index is 12.6. The quantitative estimate of drug-likeness (QED) is 0.666. The summed E-state index contributed by atoms with van der Waals surface area (Å²) in [4.78, 5) is 37.7. The molecule has 1 heterocycles. The molecule has 26 heavy (non-hydrogen) atoms. The van der Waals surface area contributed by atoms with Crippen molar-refractivity contribution in [1.29, 1.82) is 0 Å². The molecule has 0 bridgehead atoms. The smallest absolute Gasteiger partial charge is 0.293 e. The van der Waals surface area contributed by atoms with E-state index in [1.54, 1.807) is 43.3 Å². The van der Waals surface area contributed by atoms with Gasteiger partial charge >= 0.3 is 0 Å². The van der Waals surface area contributed by atoms with Crippen LogP contribution in [0.3, 0.4) is 0 Å². The molecule has 1 N–H and O–H groups in total. The van der Waals surface area contributed by atoms with Crippen molar-refractivity contribution < 1.29 is 14.4 Å². The number of hydrogen-bond donors (Lipinski definition) is 1. The number of amides is 2. The van der Waals surface area contributed by atoms with E-state index in [0.717, 1.165) is 12.0 Å². The number of para-hydroxylation sites is 2. The van der Waals surface area contributed by atoms with Gasteiger partial charge in [-0.2, -0.15) is 10.1 Å². The monoisotopic (exact) mass is 349 g/mol. The van der Waals surface area contributed by atoms with Crippen molar-refractivity contribution >= 4 is 34.7 Å². The Morgan fingerprint density at radius 1 is 1.08 bits per heavy atom. The molecule has 1 aliphatic rings. The first-order chi connectivity index (χ1) is 12.5. The first-order valence-electron chi connectivity index (χ1n) is 8.40. The molecular weight excluding hydrogens is 330 g/mol. The molecule has 0 spiro atoms. The molecule has 0 aromatic heterocycles. The summed E-state index contributed by atoms with van der Waals surface area (Å²) in [6.45, 7) is 3.54. The molecule has 6 heteroatoms. The second-order valence-electron chi connectivity index (χ2n) is 5.99. The summed E-state index contributed by atoms with van der Waals surface area (Å²) in [5.41, 5.74) is 2.36. The highest BCUT2D eigenvalue weighted by molar-refractivity contribution is 6.50. The van der Waals surface area contributed by atoms with Gasteiger partial charge < -0.3 is 5.32 Å². The average Bonchev–Trinajstić information content (AvgIpc) is 2.96. The average molecular weight is 349 g/mol. The fourth-order valence-electron chi connectivity index (χ4n) is 2.89. The van der Waals surface area contributed by atoms with Crippen molar-refractivity contribution in [2.75, 3.05) is 10.3 Å². The zero-order valence-corrected chi connectivity index (χ0v) is 14.6. The first-order valence-corrected chi connectivity index (χ1v) is 8.40. The molecule has 132 valence electrons. The van der Waals surface area contributed by atoms with Crippen LogP contribution in [0.25, 0.3) is 0 Å². The molecule has 1 atom stereocenters. The number of nitrogens with one attached hydrogen (secondary N) is 1. The van der Waals surface area contributed by atoms with Crippen LogP contribution in [0.2, 0.25) is 0 Å². The number of ketones is 1. The Morgan fingerprint density at radius 2 is 1.73 bits per heavy atom. The van der Waals surface area contributed by atoms with Crippen LogP contribution in [0.5, 0.6) is 0 Å². The van der Waals surface area contributed by atoms with Gasteiger partial charge in [-0.15, -0.1) is 0 Å². The van der Waals surface area contributed by atoms with Crippen LogP contribution in [0.4, 0.5) is 11.4 Å². The molecular formula is C20H19N3O3. The summed E-state index contributed by atoms with van der Waals surface area (Å²) < 4.78 is 0. The van der Waals surface area contributed by atoms with Crippen molar-refractivity contribution in [1.82, 2.24) is 0 Å². The van der Waals surface area contributed by atoms with Crippen LogP contribution in [-0.2, 0) is 20.8 Å². The highest BCUT2D eigenvalue weighted by Crippen LogP contribution is 2.25. The summed E-state index contributed by atoms with van der Waals surface area (Å²) in [5, 5.41) is 7.96. The van der Waals surface area contributed by atoms with Crippen LogP contribution in [0.1, 0.15) is 19.4 Å². The van der Waals surface area contributed by atoms with Crippen molar-refractivity contribution in [3.8, 4) is 0 Å². The normalized spacial score (nSPS) is 16.4. The van der Waals surface area contributed by atoms with Crippen molar-refractivity contribution in [2.24, 2.45) is 11.0 Å². The lowest BCUT2D eigenvalue weighted by molar-refractivity contribution is -0.138. The lowest BCUT2D eigenvalue weighted by Crippen LogP contribution is -2.39. The fourth-order valence-corrected chi connectivity index (χ4v) is 2.89. The molecule has 0 fully saturated rings. The van der Waals surface area contributed by atoms with Gasteiger partial charge in [0.1, 0.15) is 5.92 Å². The van der Waals surface area contributed by atoms with Crippen molar-refractivity contribution in [2.45, 2.75) is 20.3 Å². The van der Waals surface area contributed by atoms with E-state index in [4.69, 9.17) is 0 Å². The molecule has 1 aliphatic heterocycles. The van der Waals surface area contributed by atoms with Gasteiger partial charge in [-0.3, -0.25) is 14.4 Å². The number of carbonyl (C=O) groups is 3. The second-order valence-corrected chi connectivity index (χ2v) is 5.99. The number of hydrogen-bond acceptors (Lipinski definition) is 4. The zero-order chi connectivity index (χ0) is 18.7. The maximum absolute atomic E-state index is 12.6. The Kier molecular flexibility index (Phi) is 4.93. The molecule has 1 unspecified atom stereocenters. The summed E-state index contributed by atoms with van der Waals surface area (Å²) in [6, 6.07) is 16.1. The van der Waals surface area contributed by atoms with Crippen molar-refractivity contribution in [3.05, 3.63) is 60.2 Å². The van der Waals surface area contributed by atoms with E-state index < -0.39 is 23.5 Å². The zero-order valence-electron chi connectivity index (χ0n) is 14.6. The van der Waals surface area contributed by atoms with Crippen LogP contribution in [-0.4, -0.2) is 23.3 Å². The van der Waals surface area contributed by atoms with Crippen LogP contribution < -0.4 is 10.3 Å². The minimum absolute atomic E-state index is 0.308. The van der Waals surface area contributed by atoms with Gasteiger partial charge in [0.25, 0.3) is 11.8 Å².